The first-order chi connectivity index (χ1) is 9.20. The van der Waals surface area contributed by atoms with E-state index in [9.17, 15) is 4.79 Å². The maximum absolute atomic E-state index is 12.3. The molecule has 0 aliphatic heterocycles. The third-order valence-corrected chi connectivity index (χ3v) is 4.06. The Balaban J connectivity index is 2.24. The molecule has 3 aromatic rings. The maximum Gasteiger partial charge on any atom is 0.273 e. The van der Waals surface area contributed by atoms with Crippen LogP contribution in [0.5, 0.6) is 5.75 Å². The number of nitrogen functional groups attached to an aromatic ring is 1. The molecule has 96 valence electrons. The lowest BCUT2D eigenvalue weighted by atomic mass is 10.2. The zero-order valence-corrected chi connectivity index (χ0v) is 11.1. The monoisotopic (exact) mass is 272 g/mol. The molecule has 0 atom stereocenters. The molecule has 3 rings (SSSR count). The van der Waals surface area contributed by atoms with Gasteiger partial charge in [-0.1, -0.05) is 23.7 Å². The number of aromatic nitrogens is 1. The van der Waals surface area contributed by atoms with Crippen LogP contribution in [0.2, 0.25) is 0 Å². The molecule has 0 amide bonds. The fourth-order valence-electron chi connectivity index (χ4n) is 1.97. The highest BCUT2D eigenvalue weighted by molar-refractivity contribution is 7.14. The zero-order chi connectivity index (χ0) is 13.4. The molecule has 0 radical (unpaired) electrons. The Morgan fingerprint density at radius 2 is 2.00 bits per heavy atom. The Labute approximate surface area is 113 Å². The van der Waals surface area contributed by atoms with E-state index >= 15 is 0 Å². The van der Waals surface area contributed by atoms with E-state index in [4.69, 9.17) is 10.5 Å². The molecule has 0 saturated heterocycles. The van der Waals surface area contributed by atoms with Crippen molar-refractivity contribution in [2.45, 2.75) is 0 Å². The van der Waals surface area contributed by atoms with Gasteiger partial charge in [-0.15, -0.1) is 0 Å². The van der Waals surface area contributed by atoms with E-state index in [1.807, 2.05) is 30.3 Å². The molecule has 0 unspecified atom stereocenters. The van der Waals surface area contributed by atoms with Crippen molar-refractivity contribution in [3.8, 4) is 11.4 Å². The number of nitrogens with two attached hydrogens (primary N) is 1. The topological polar surface area (TPSA) is 57.2 Å². The zero-order valence-electron chi connectivity index (χ0n) is 10.3. The molecular formula is C14H12N2O2S. The van der Waals surface area contributed by atoms with Crippen LogP contribution < -0.4 is 16.0 Å². The van der Waals surface area contributed by atoms with E-state index in [0.29, 0.717) is 11.4 Å². The average molecular weight is 272 g/mol. The first kappa shape index (κ1) is 11.8. The van der Waals surface area contributed by atoms with Crippen molar-refractivity contribution in [1.29, 1.82) is 0 Å². The summed E-state index contributed by atoms with van der Waals surface area (Å²) in [5, 5.41) is 0.725. The lowest BCUT2D eigenvalue weighted by molar-refractivity contribution is 0.417. The van der Waals surface area contributed by atoms with Gasteiger partial charge in [0.05, 0.1) is 28.6 Å². The lowest BCUT2D eigenvalue weighted by Crippen LogP contribution is -2.10. The van der Waals surface area contributed by atoms with Crippen LogP contribution in [-0.4, -0.2) is 11.1 Å². The number of ether oxygens (including phenoxy) is 1. The summed E-state index contributed by atoms with van der Waals surface area (Å²) >= 11 is 1.41. The second-order valence-corrected chi connectivity index (χ2v) is 5.10. The summed E-state index contributed by atoms with van der Waals surface area (Å²) in [6.45, 7) is 0. The van der Waals surface area contributed by atoms with Crippen LogP contribution in [0.1, 0.15) is 0 Å². The summed E-state index contributed by atoms with van der Waals surface area (Å²) in [6, 6.07) is 12.9. The molecule has 5 heteroatoms. The molecule has 19 heavy (non-hydrogen) atoms. The highest BCUT2D eigenvalue weighted by atomic mass is 32.1. The predicted molar refractivity (Wildman–Crippen MR) is 78.4 cm³/mol. The Morgan fingerprint density at radius 1 is 1.21 bits per heavy atom. The van der Waals surface area contributed by atoms with Gasteiger partial charge < -0.3 is 10.5 Å². The van der Waals surface area contributed by atoms with Crippen LogP contribution in [0.15, 0.2) is 47.3 Å². The summed E-state index contributed by atoms with van der Waals surface area (Å²) in [5.41, 5.74) is 7.08. The Hall–Kier alpha value is -2.27. The third kappa shape index (κ3) is 1.88. The summed E-state index contributed by atoms with van der Waals surface area (Å²) in [5.74, 6) is 0.571. The van der Waals surface area contributed by atoms with Crippen molar-refractivity contribution < 1.29 is 4.74 Å². The van der Waals surface area contributed by atoms with Crippen molar-refractivity contribution in [3.05, 3.63) is 52.8 Å². The predicted octanol–water partition coefficient (Wildman–Crippen LogP) is 2.64. The number of hydrogen-bond donors (Lipinski definition) is 1. The van der Waals surface area contributed by atoms with Gasteiger partial charge in [0.2, 0.25) is 0 Å². The summed E-state index contributed by atoms with van der Waals surface area (Å²) in [7, 11) is 1.56. The number of rotatable bonds is 2. The van der Waals surface area contributed by atoms with Crippen molar-refractivity contribution in [3.63, 3.8) is 0 Å². The summed E-state index contributed by atoms with van der Waals surface area (Å²) < 4.78 is 7.79. The van der Waals surface area contributed by atoms with Gasteiger partial charge in [-0.05, 0) is 24.3 Å². The Kier molecular flexibility index (Phi) is 2.76. The minimum atomic E-state index is -0.0209. The normalized spacial score (nSPS) is 10.8. The van der Waals surface area contributed by atoms with Crippen LogP contribution in [0.4, 0.5) is 5.69 Å². The van der Waals surface area contributed by atoms with Crippen molar-refractivity contribution in [2.75, 3.05) is 12.8 Å². The Bertz CT molecular complexity index is 805. The minimum absolute atomic E-state index is 0.0209. The lowest BCUT2D eigenvalue weighted by Gasteiger charge is -2.06. The molecule has 1 aromatic heterocycles. The standard InChI is InChI=1S/C14H12N2O2S/c1-18-12-8-9(6-7-11(12)15)16-14(17)10-4-2-3-5-13(10)19-16/h2-8H,15H2,1H3. The SMILES string of the molecule is COc1cc(-n2sc3ccccc3c2=O)ccc1N. The van der Waals surface area contributed by atoms with E-state index in [1.54, 1.807) is 23.2 Å². The maximum atomic E-state index is 12.3. The number of anilines is 1. The molecule has 2 aromatic carbocycles. The van der Waals surface area contributed by atoms with Crippen molar-refractivity contribution >= 4 is 27.3 Å². The molecule has 0 saturated carbocycles. The van der Waals surface area contributed by atoms with E-state index in [1.165, 1.54) is 11.5 Å². The van der Waals surface area contributed by atoms with E-state index < -0.39 is 0 Å². The molecule has 0 spiro atoms. The number of fused-ring (bicyclic) bond motifs is 1. The highest BCUT2D eigenvalue weighted by Crippen LogP contribution is 2.26. The first-order valence-electron chi connectivity index (χ1n) is 5.75. The molecule has 0 fully saturated rings. The minimum Gasteiger partial charge on any atom is -0.495 e. The van der Waals surface area contributed by atoms with Crippen LogP contribution >= 0.6 is 11.5 Å². The van der Waals surface area contributed by atoms with Gasteiger partial charge in [0.15, 0.2) is 0 Å². The fourth-order valence-corrected chi connectivity index (χ4v) is 2.96. The van der Waals surface area contributed by atoms with Crippen molar-refractivity contribution in [1.82, 2.24) is 3.96 Å². The van der Waals surface area contributed by atoms with Gasteiger partial charge in [0, 0.05) is 6.07 Å². The number of nitrogens with zero attached hydrogens (tertiary/aromatic N) is 1. The number of methoxy groups -OCH3 is 1. The van der Waals surface area contributed by atoms with Crippen LogP contribution in [0.25, 0.3) is 15.8 Å². The van der Waals surface area contributed by atoms with E-state index in [2.05, 4.69) is 0 Å². The van der Waals surface area contributed by atoms with Crippen LogP contribution in [-0.2, 0) is 0 Å². The molecule has 0 bridgehead atoms. The second-order valence-electron chi connectivity index (χ2n) is 4.11. The van der Waals surface area contributed by atoms with Crippen LogP contribution in [0.3, 0.4) is 0 Å². The molecule has 0 aliphatic rings. The van der Waals surface area contributed by atoms with E-state index in [-0.39, 0.29) is 5.56 Å². The third-order valence-electron chi connectivity index (χ3n) is 2.94. The number of hydrogen-bond acceptors (Lipinski definition) is 4. The highest BCUT2D eigenvalue weighted by Gasteiger charge is 2.10. The summed E-state index contributed by atoms with van der Waals surface area (Å²) in [6.07, 6.45) is 0. The smallest absolute Gasteiger partial charge is 0.273 e. The first-order valence-corrected chi connectivity index (χ1v) is 6.53. The van der Waals surface area contributed by atoms with Gasteiger partial charge >= 0.3 is 0 Å². The molecule has 2 N–H and O–H groups in total. The number of benzene rings is 2. The Morgan fingerprint density at radius 3 is 2.74 bits per heavy atom. The quantitative estimate of drug-likeness (QED) is 0.730. The molecular weight excluding hydrogens is 260 g/mol. The van der Waals surface area contributed by atoms with Gasteiger partial charge in [-0.25, -0.2) is 3.96 Å². The fraction of sp³-hybridized carbons (Fsp3) is 0.0714. The van der Waals surface area contributed by atoms with E-state index in [0.717, 1.165) is 15.8 Å². The molecule has 0 aliphatic carbocycles. The van der Waals surface area contributed by atoms with Gasteiger partial charge in [-0.2, -0.15) is 0 Å². The van der Waals surface area contributed by atoms with Crippen LogP contribution in [0, 0.1) is 0 Å². The van der Waals surface area contributed by atoms with Gasteiger partial charge in [0.25, 0.3) is 5.56 Å². The molecule has 1 heterocycles. The van der Waals surface area contributed by atoms with Gasteiger partial charge in [-0.3, -0.25) is 4.79 Å². The largest absolute Gasteiger partial charge is 0.495 e. The van der Waals surface area contributed by atoms with Crippen molar-refractivity contribution in [2.24, 2.45) is 0 Å². The average Bonchev–Trinajstić information content (AvgIpc) is 2.77. The summed E-state index contributed by atoms with van der Waals surface area (Å²) in [4.78, 5) is 12.3. The molecule has 4 nitrogen and oxygen atoms in total. The second kappa shape index (κ2) is 4.44. The van der Waals surface area contributed by atoms with Gasteiger partial charge in [0.1, 0.15) is 5.75 Å².